The van der Waals surface area contributed by atoms with Crippen molar-refractivity contribution in [2.24, 2.45) is 5.41 Å². The second-order valence-corrected chi connectivity index (χ2v) is 12.0. The van der Waals surface area contributed by atoms with Crippen molar-refractivity contribution in [2.75, 3.05) is 13.1 Å². The van der Waals surface area contributed by atoms with Crippen LogP contribution in [0.2, 0.25) is 0 Å². The van der Waals surface area contributed by atoms with Gasteiger partial charge in [-0.2, -0.15) is 4.31 Å². The minimum absolute atomic E-state index is 0.105. The van der Waals surface area contributed by atoms with Gasteiger partial charge >= 0.3 is 0 Å². The van der Waals surface area contributed by atoms with Gasteiger partial charge in [-0.1, -0.05) is 20.8 Å². The number of rotatable bonds is 6. The summed E-state index contributed by atoms with van der Waals surface area (Å²) in [6.07, 6.45) is 5.67. The van der Waals surface area contributed by atoms with Gasteiger partial charge in [-0.05, 0) is 36.5 Å². The average Bonchev–Trinajstić information content (AvgIpc) is 3.56. The number of carbonyl (C=O) groups excluding carboxylic acids is 4. The van der Waals surface area contributed by atoms with Crippen LogP contribution in [0.5, 0.6) is 0 Å². The minimum Gasteiger partial charge on any atom is -0.472 e. The molecule has 0 aliphatic carbocycles. The zero-order valence-electron chi connectivity index (χ0n) is 20.2. The predicted octanol–water partition coefficient (Wildman–Crippen LogP) is 1.23. The maximum Gasteiger partial charge on any atom is 0.293 e. The van der Waals surface area contributed by atoms with Crippen LogP contribution in [0.25, 0.3) is 0 Å². The van der Waals surface area contributed by atoms with Gasteiger partial charge in [0.15, 0.2) is 5.78 Å². The first-order valence-corrected chi connectivity index (χ1v) is 13.0. The van der Waals surface area contributed by atoms with Crippen molar-refractivity contribution >= 4 is 32.7 Å². The molecule has 2 aliphatic rings. The number of likely N-dealkylation sites (tertiary alicyclic amines) is 1. The molecular formula is C24H28N4O7S. The van der Waals surface area contributed by atoms with E-state index < -0.39 is 57.4 Å². The Hall–Kier alpha value is -3.38. The third-order valence-electron chi connectivity index (χ3n) is 6.30. The quantitative estimate of drug-likeness (QED) is 0.603. The van der Waals surface area contributed by atoms with Gasteiger partial charge in [0.05, 0.1) is 30.0 Å². The number of Topliss-reactive ketones (excluding diaryl/α,β-unsaturated/α-hetero) is 1. The van der Waals surface area contributed by atoms with Gasteiger partial charge < -0.3 is 14.6 Å². The first-order valence-electron chi connectivity index (χ1n) is 11.5. The molecule has 2 aromatic rings. The number of nitrogens with zero attached hydrogens (tertiary/aromatic N) is 3. The molecule has 0 radical (unpaired) electrons. The van der Waals surface area contributed by atoms with Crippen molar-refractivity contribution < 1.29 is 32.0 Å². The van der Waals surface area contributed by atoms with Crippen LogP contribution in [-0.4, -0.2) is 76.5 Å². The first kappa shape index (κ1) is 25.7. The number of furan rings is 1. The lowest BCUT2D eigenvalue weighted by molar-refractivity contribution is -0.138. The van der Waals surface area contributed by atoms with E-state index in [0.29, 0.717) is 6.42 Å². The number of hydrogen-bond donors (Lipinski definition) is 1. The van der Waals surface area contributed by atoms with Crippen LogP contribution in [0, 0.1) is 5.41 Å². The van der Waals surface area contributed by atoms with Gasteiger partial charge in [-0.25, -0.2) is 8.42 Å². The summed E-state index contributed by atoms with van der Waals surface area (Å²) in [5.74, 6) is -1.43. The largest absolute Gasteiger partial charge is 0.472 e. The van der Waals surface area contributed by atoms with Gasteiger partial charge in [0.2, 0.25) is 5.91 Å². The summed E-state index contributed by atoms with van der Waals surface area (Å²) in [4.78, 5) is 57.1. The number of fused-ring (bicyclic) bond motifs is 1. The molecule has 0 bridgehead atoms. The second-order valence-electron chi connectivity index (χ2n) is 10.2. The van der Waals surface area contributed by atoms with Gasteiger partial charge in [0.25, 0.3) is 21.0 Å². The number of ketones is 1. The standard InChI is InChI=1S/C24H28N4O7S/c1-24(2,3)11-17(26-21(30)16-7-10-35-14-16)22(31)27-9-6-18-20(27)19(29)13-28(18)36(33,34)23(32)15-5-4-8-25-12-15/h4-5,7-8,10,12,14,17-18,20H,6,9,11,13H2,1-3H3,(H,26,30). The van der Waals surface area contributed by atoms with E-state index in [-0.39, 0.29) is 29.5 Å². The van der Waals surface area contributed by atoms with Crippen LogP contribution in [0.1, 0.15) is 54.3 Å². The molecule has 3 atom stereocenters. The zero-order chi connectivity index (χ0) is 26.3. The smallest absolute Gasteiger partial charge is 0.293 e. The highest BCUT2D eigenvalue weighted by atomic mass is 32.2. The van der Waals surface area contributed by atoms with E-state index in [2.05, 4.69) is 10.3 Å². The van der Waals surface area contributed by atoms with Crippen molar-refractivity contribution in [3.05, 3.63) is 54.2 Å². The van der Waals surface area contributed by atoms with E-state index in [1.807, 2.05) is 20.8 Å². The van der Waals surface area contributed by atoms with E-state index >= 15 is 0 Å². The highest BCUT2D eigenvalue weighted by molar-refractivity contribution is 8.04. The molecule has 4 heterocycles. The molecule has 0 spiro atoms. The number of carbonyl (C=O) groups is 4. The number of aromatic nitrogens is 1. The Morgan fingerprint density at radius 3 is 2.58 bits per heavy atom. The van der Waals surface area contributed by atoms with Crippen molar-refractivity contribution in [3.8, 4) is 0 Å². The molecule has 4 rings (SSSR count). The number of pyridine rings is 1. The van der Waals surface area contributed by atoms with Crippen molar-refractivity contribution in [3.63, 3.8) is 0 Å². The van der Waals surface area contributed by atoms with Gasteiger partial charge in [-0.3, -0.25) is 24.2 Å². The van der Waals surface area contributed by atoms with Crippen LogP contribution in [0.3, 0.4) is 0 Å². The van der Waals surface area contributed by atoms with Crippen LogP contribution in [0.4, 0.5) is 0 Å². The number of amides is 2. The molecule has 11 nitrogen and oxygen atoms in total. The summed E-state index contributed by atoms with van der Waals surface area (Å²) >= 11 is 0. The molecular weight excluding hydrogens is 488 g/mol. The predicted molar refractivity (Wildman–Crippen MR) is 127 cm³/mol. The lowest BCUT2D eigenvalue weighted by Gasteiger charge is -2.31. The van der Waals surface area contributed by atoms with Crippen molar-refractivity contribution in [1.29, 1.82) is 0 Å². The van der Waals surface area contributed by atoms with Gasteiger partial charge in [0.1, 0.15) is 18.3 Å². The van der Waals surface area contributed by atoms with E-state index in [1.54, 1.807) is 0 Å². The Labute approximate surface area is 208 Å². The van der Waals surface area contributed by atoms with Gasteiger partial charge in [-0.15, -0.1) is 0 Å². The molecule has 12 heteroatoms. The molecule has 2 amide bonds. The topological polar surface area (TPSA) is 147 Å². The van der Waals surface area contributed by atoms with Crippen LogP contribution >= 0.6 is 0 Å². The van der Waals surface area contributed by atoms with Gasteiger partial charge in [0, 0.05) is 18.9 Å². The average molecular weight is 517 g/mol. The van der Waals surface area contributed by atoms with Crippen LogP contribution in [-0.2, 0) is 19.6 Å². The Morgan fingerprint density at radius 1 is 1.22 bits per heavy atom. The zero-order valence-corrected chi connectivity index (χ0v) is 21.0. The molecule has 3 unspecified atom stereocenters. The SMILES string of the molecule is CC(C)(C)CC(NC(=O)c1ccoc1)C(=O)N1CCC2C1C(=O)CN2S(=O)(=O)C(=O)c1cccnc1. The maximum absolute atomic E-state index is 13.6. The molecule has 36 heavy (non-hydrogen) atoms. The minimum atomic E-state index is -4.51. The van der Waals surface area contributed by atoms with E-state index in [1.165, 1.54) is 41.8 Å². The fourth-order valence-corrected chi connectivity index (χ4v) is 6.23. The molecule has 2 aromatic heterocycles. The molecule has 0 aromatic carbocycles. The van der Waals surface area contributed by atoms with Crippen LogP contribution < -0.4 is 5.32 Å². The van der Waals surface area contributed by atoms with E-state index in [9.17, 15) is 27.6 Å². The summed E-state index contributed by atoms with van der Waals surface area (Å²) in [6, 6.07) is 1.44. The Bertz CT molecular complexity index is 1270. The monoisotopic (exact) mass is 516 g/mol. The second kappa shape index (κ2) is 9.58. The molecule has 2 aliphatic heterocycles. The molecule has 2 saturated heterocycles. The fraction of sp³-hybridized carbons (Fsp3) is 0.458. The normalized spacial score (nSPS) is 21.3. The lowest BCUT2D eigenvalue weighted by atomic mass is 9.87. The summed E-state index contributed by atoms with van der Waals surface area (Å²) < 4.78 is 32.1. The molecule has 2 fully saturated rings. The van der Waals surface area contributed by atoms with E-state index in [0.717, 1.165) is 10.5 Å². The Morgan fingerprint density at radius 2 is 1.97 bits per heavy atom. The highest BCUT2D eigenvalue weighted by Gasteiger charge is 2.55. The van der Waals surface area contributed by atoms with Crippen LogP contribution in [0.15, 0.2) is 47.5 Å². The molecule has 192 valence electrons. The van der Waals surface area contributed by atoms with E-state index in [4.69, 9.17) is 4.42 Å². The summed E-state index contributed by atoms with van der Waals surface area (Å²) in [7, 11) is -4.51. The van der Waals surface area contributed by atoms with Crippen molar-refractivity contribution in [2.45, 2.75) is 51.7 Å². The Balaban J connectivity index is 1.56. The molecule has 1 N–H and O–H groups in total. The first-order chi connectivity index (χ1) is 16.9. The molecule has 0 saturated carbocycles. The van der Waals surface area contributed by atoms with Crippen molar-refractivity contribution in [1.82, 2.24) is 19.5 Å². The summed E-state index contributed by atoms with van der Waals surface area (Å²) in [5, 5.41) is 1.59. The third kappa shape index (κ3) is 4.96. The third-order valence-corrected chi connectivity index (χ3v) is 8.03. The highest BCUT2D eigenvalue weighted by Crippen LogP contribution is 2.34. The fourth-order valence-electron chi connectivity index (χ4n) is 4.73. The number of nitrogens with one attached hydrogen (secondary N) is 1. The number of hydrogen-bond acceptors (Lipinski definition) is 8. The Kier molecular flexibility index (Phi) is 6.84. The summed E-state index contributed by atoms with van der Waals surface area (Å²) in [6.45, 7) is 5.38. The number of sulfonamides is 1. The lowest BCUT2D eigenvalue weighted by Crippen LogP contribution is -2.53. The maximum atomic E-state index is 13.6. The summed E-state index contributed by atoms with van der Waals surface area (Å²) in [5.41, 5.74) is -0.190.